The fourth-order valence-electron chi connectivity index (χ4n) is 1.91. The maximum Gasteiger partial charge on any atom is 0.167 e. The van der Waals surface area contributed by atoms with Gasteiger partial charge in [0, 0.05) is 11.8 Å². The molecule has 2 N–H and O–H groups in total. The number of hydrogen-bond donors (Lipinski definition) is 1. The molecule has 1 heterocycles. The molecule has 0 radical (unpaired) electrons. The number of halogens is 1. The van der Waals surface area contributed by atoms with Crippen LogP contribution in [0.1, 0.15) is 19.0 Å². The van der Waals surface area contributed by atoms with E-state index in [-0.39, 0.29) is 0 Å². The third-order valence-corrected chi connectivity index (χ3v) is 3.04. The zero-order chi connectivity index (χ0) is 13.8. The number of nitrogens with zero attached hydrogens (tertiary/aromatic N) is 2. The number of methoxy groups -OCH3 is 1. The van der Waals surface area contributed by atoms with Crippen LogP contribution in [0.2, 0.25) is 5.02 Å². The number of anilines is 1. The largest absolute Gasteiger partial charge is 0.496 e. The smallest absolute Gasteiger partial charge is 0.167 e. The van der Waals surface area contributed by atoms with Gasteiger partial charge in [-0.2, -0.15) is 0 Å². The normalized spacial score (nSPS) is 10.5. The molecule has 2 rings (SSSR count). The molecule has 0 unspecified atom stereocenters. The molecular weight excluding hydrogens is 262 g/mol. The zero-order valence-electron chi connectivity index (χ0n) is 11.0. The molecule has 0 saturated heterocycles. The Bertz CT molecular complexity index is 587. The van der Waals surface area contributed by atoms with Crippen molar-refractivity contribution in [3.05, 3.63) is 35.0 Å². The summed E-state index contributed by atoms with van der Waals surface area (Å²) in [4.78, 5) is 8.77. The Balaban J connectivity index is 2.58. The Morgan fingerprint density at radius 2 is 2.11 bits per heavy atom. The predicted molar refractivity (Wildman–Crippen MR) is 77.4 cm³/mol. The number of nitrogens with two attached hydrogens (primary N) is 1. The van der Waals surface area contributed by atoms with Gasteiger partial charge in [0.15, 0.2) is 5.82 Å². The predicted octanol–water partition coefficient (Wildman–Crippen LogP) is 3.34. The van der Waals surface area contributed by atoms with E-state index in [2.05, 4.69) is 16.9 Å². The van der Waals surface area contributed by atoms with Gasteiger partial charge in [0.05, 0.1) is 17.7 Å². The first-order valence-corrected chi connectivity index (χ1v) is 6.49. The summed E-state index contributed by atoms with van der Waals surface area (Å²) >= 11 is 6.22. The van der Waals surface area contributed by atoms with E-state index in [1.54, 1.807) is 19.2 Å². The van der Waals surface area contributed by atoms with Crippen molar-refractivity contribution in [3.8, 4) is 17.1 Å². The molecule has 0 saturated carbocycles. The van der Waals surface area contributed by atoms with Crippen LogP contribution in [0.25, 0.3) is 11.4 Å². The van der Waals surface area contributed by atoms with Crippen molar-refractivity contribution in [3.63, 3.8) is 0 Å². The van der Waals surface area contributed by atoms with E-state index >= 15 is 0 Å². The summed E-state index contributed by atoms with van der Waals surface area (Å²) in [5, 5.41) is 0.549. The van der Waals surface area contributed by atoms with Crippen LogP contribution in [0.15, 0.2) is 24.3 Å². The molecule has 5 heteroatoms. The summed E-state index contributed by atoms with van der Waals surface area (Å²) < 4.78 is 5.32. The molecule has 0 aliphatic rings. The molecule has 0 aliphatic heterocycles. The number of benzene rings is 1. The highest BCUT2D eigenvalue weighted by molar-refractivity contribution is 6.33. The highest BCUT2D eigenvalue weighted by Crippen LogP contribution is 2.34. The number of ether oxygens (including phenoxy) is 1. The Kier molecular flexibility index (Phi) is 4.22. The molecule has 100 valence electrons. The fraction of sp³-hybridized carbons (Fsp3) is 0.286. The minimum atomic E-state index is 0.440. The molecule has 0 spiro atoms. The van der Waals surface area contributed by atoms with Crippen molar-refractivity contribution >= 4 is 17.4 Å². The average molecular weight is 278 g/mol. The van der Waals surface area contributed by atoms with Crippen molar-refractivity contribution < 1.29 is 4.74 Å². The highest BCUT2D eigenvalue weighted by Gasteiger charge is 2.14. The van der Waals surface area contributed by atoms with Crippen LogP contribution in [0.3, 0.4) is 0 Å². The highest BCUT2D eigenvalue weighted by atomic mass is 35.5. The van der Waals surface area contributed by atoms with Crippen LogP contribution >= 0.6 is 11.6 Å². The summed E-state index contributed by atoms with van der Waals surface area (Å²) in [7, 11) is 1.59. The first-order valence-electron chi connectivity index (χ1n) is 6.12. The molecule has 4 nitrogen and oxygen atoms in total. The Morgan fingerprint density at radius 1 is 1.32 bits per heavy atom. The molecule has 19 heavy (non-hydrogen) atoms. The van der Waals surface area contributed by atoms with Gasteiger partial charge < -0.3 is 10.5 Å². The molecule has 1 aromatic heterocycles. The Labute approximate surface area is 117 Å². The standard InChI is InChI=1S/C14H16ClN3O/c1-3-5-9-8-12(16)18-14(17-9)13-10(15)6-4-7-11(13)19-2/h4,6-8H,3,5H2,1-2H3,(H2,16,17,18). The van der Waals surface area contributed by atoms with Gasteiger partial charge in [0.25, 0.3) is 0 Å². The first kappa shape index (κ1) is 13.6. The summed E-state index contributed by atoms with van der Waals surface area (Å²) in [6.07, 6.45) is 1.85. The third kappa shape index (κ3) is 2.96. The zero-order valence-corrected chi connectivity index (χ0v) is 11.7. The summed E-state index contributed by atoms with van der Waals surface area (Å²) in [5.41, 5.74) is 7.42. The van der Waals surface area contributed by atoms with Crippen molar-refractivity contribution in [2.45, 2.75) is 19.8 Å². The number of aromatic nitrogens is 2. The lowest BCUT2D eigenvalue weighted by Crippen LogP contribution is -2.01. The lowest BCUT2D eigenvalue weighted by molar-refractivity contribution is 0.416. The van der Waals surface area contributed by atoms with Crippen molar-refractivity contribution in [2.24, 2.45) is 0 Å². The van der Waals surface area contributed by atoms with E-state index < -0.39 is 0 Å². The molecule has 0 atom stereocenters. The van der Waals surface area contributed by atoms with Crippen LogP contribution in [-0.4, -0.2) is 17.1 Å². The lowest BCUT2D eigenvalue weighted by atomic mass is 10.1. The second-order valence-corrected chi connectivity index (χ2v) is 4.58. The van der Waals surface area contributed by atoms with Gasteiger partial charge in [-0.1, -0.05) is 31.0 Å². The summed E-state index contributed by atoms with van der Waals surface area (Å²) in [6.45, 7) is 2.09. The quantitative estimate of drug-likeness (QED) is 0.931. The minimum absolute atomic E-state index is 0.440. The van der Waals surface area contributed by atoms with E-state index in [1.165, 1.54) is 0 Å². The van der Waals surface area contributed by atoms with E-state index in [1.807, 2.05) is 12.1 Å². The third-order valence-electron chi connectivity index (χ3n) is 2.72. The van der Waals surface area contributed by atoms with Gasteiger partial charge in [0.1, 0.15) is 11.6 Å². The van der Waals surface area contributed by atoms with Crippen molar-refractivity contribution in [2.75, 3.05) is 12.8 Å². The van der Waals surface area contributed by atoms with Crippen LogP contribution in [0, 0.1) is 0 Å². The Morgan fingerprint density at radius 3 is 2.79 bits per heavy atom. The second kappa shape index (κ2) is 5.89. The van der Waals surface area contributed by atoms with Crippen LogP contribution in [-0.2, 0) is 6.42 Å². The monoisotopic (exact) mass is 277 g/mol. The molecule has 1 aromatic carbocycles. The SMILES string of the molecule is CCCc1cc(N)nc(-c2c(Cl)cccc2OC)n1. The van der Waals surface area contributed by atoms with Crippen molar-refractivity contribution in [1.29, 1.82) is 0 Å². The minimum Gasteiger partial charge on any atom is -0.496 e. The molecule has 0 amide bonds. The molecule has 0 bridgehead atoms. The number of nitrogen functional groups attached to an aromatic ring is 1. The van der Waals surface area contributed by atoms with Crippen LogP contribution < -0.4 is 10.5 Å². The average Bonchev–Trinajstić information content (AvgIpc) is 2.38. The molecule has 0 aliphatic carbocycles. The van der Waals surface area contributed by atoms with Crippen LogP contribution in [0.4, 0.5) is 5.82 Å². The summed E-state index contributed by atoms with van der Waals surface area (Å²) in [5.74, 6) is 1.59. The van der Waals surface area contributed by atoms with E-state index in [4.69, 9.17) is 22.1 Å². The van der Waals surface area contributed by atoms with Crippen LogP contribution in [0.5, 0.6) is 5.75 Å². The lowest BCUT2D eigenvalue weighted by Gasteiger charge is -2.10. The van der Waals surface area contributed by atoms with Gasteiger partial charge in [-0.25, -0.2) is 9.97 Å². The van der Waals surface area contributed by atoms with Gasteiger partial charge in [-0.3, -0.25) is 0 Å². The maximum atomic E-state index is 6.22. The van der Waals surface area contributed by atoms with Crippen molar-refractivity contribution in [1.82, 2.24) is 9.97 Å². The Hall–Kier alpha value is -1.81. The summed E-state index contributed by atoms with van der Waals surface area (Å²) in [6, 6.07) is 7.22. The van der Waals surface area contributed by atoms with E-state index in [0.29, 0.717) is 28.0 Å². The number of rotatable bonds is 4. The van der Waals surface area contributed by atoms with Gasteiger partial charge in [-0.05, 0) is 18.6 Å². The van der Waals surface area contributed by atoms with Gasteiger partial charge >= 0.3 is 0 Å². The van der Waals surface area contributed by atoms with E-state index in [9.17, 15) is 0 Å². The second-order valence-electron chi connectivity index (χ2n) is 4.17. The van der Waals surface area contributed by atoms with Gasteiger partial charge in [0.2, 0.25) is 0 Å². The van der Waals surface area contributed by atoms with Gasteiger partial charge in [-0.15, -0.1) is 0 Å². The molecular formula is C14H16ClN3O. The first-order chi connectivity index (χ1) is 9.15. The topological polar surface area (TPSA) is 61.0 Å². The van der Waals surface area contributed by atoms with E-state index in [0.717, 1.165) is 18.5 Å². The molecule has 0 fully saturated rings. The molecule has 2 aromatic rings. The number of hydrogen-bond acceptors (Lipinski definition) is 4. The maximum absolute atomic E-state index is 6.22. The number of aryl methyl sites for hydroxylation is 1. The fourth-order valence-corrected chi connectivity index (χ4v) is 2.16.